The fourth-order valence-corrected chi connectivity index (χ4v) is 3.03. The Morgan fingerprint density at radius 1 is 1.10 bits per heavy atom. The van der Waals surface area contributed by atoms with E-state index in [1.54, 1.807) is 32.6 Å². The van der Waals surface area contributed by atoms with Crippen LogP contribution in [0.4, 0.5) is 17.1 Å². The summed E-state index contributed by atoms with van der Waals surface area (Å²) in [5.41, 5.74) is 0.111. The van der Waals surface area contributed by atoms with Gasteiger partial charge in [-0.3, -0.25) is 19.4 Å². The smallest absolute Gasteiger partial charge is 0.257 e. The fourth-order valence-electron chi connectivity index (χ4n) is 3.03. The number of nitrogens with zero attached hydrogens (tertiary/aromatic N) is 2. The number of amides is 1. The van der Waals surface area contributed by atoms with Crippen LogP contribution < -0.4 is 21.5 Å². The summed E-state index contributed by atoms with van der Waals surface area (Å²) in [5, 5.41) is 16.4. The SMILES string of the molecule is CCC(Nc1c(Nc2cccc(C(=O)N(C)C)c2O)c(=O)c1=O)c1ccncc1. The van der Waals surface area contributed by atoms with Crippen molar-refractivity contribution in [3.8, 4) is 5.75 Å². The number of aromatic nitrogens is 1. The van der Waals surface area contributed by atoms with E-state index in [0.29, 0.717) is 6.42 Å². The van der Waals surface area contributed by atoms with Crippen molar-refractivity contribution in [2.75, 3.05) is 24.7 Å². The van der Waals surface area contributed by atoms with Crippen molar-refractivity contribution in [1.82, 2.24) is 9.88 Å². The van der Waals surface area contributed by atoms with Crippen molar-refractivity contribution in [1.29, 1.82) is 0 Å². The lowest BCUT2D eigenvalue weighted by Crippen LogP contribution is -2.37. The van der Waals surface area contributed by atoms with Crippen molar-refractivity contribution >= 4 is 23.0 Å². The summed E-state index contributed by atoms with van der Waals surface area (Å²) in [6, 6.07) is 8.09. The third kappa shape index (κ3) is 3.82. The molecule has 0 aliphatic carbocycles. The van der Waals surface area contributed by atoms with E-state index in [2.05, 4.69) is 15.6 Å². The summed E-state index contributed by atoms with van der Waals surface area (Å²) in [5.74, 6) is -0.662. The zero-order valence-electron chi connectivity index (χ0n) is 16.4. The van der Waals surface area contributed by atoms with Crippen LogP contribution in [0.2, 0.25) is 0 Å². The molecular weight excluding hydrogens is 372 g/mol. The van der Waals surface area contributed by atoms with Crippen LogP contribution in [0.15, 0.2) is 52.3 Å². The zero-order chi connectivity index (χ0) is 21.1. The number of hydrogen-bond acceptors (Lipinski definition) is 7. The van der Waals surface area contributed by atoms with E-state index < -0.39 is 10.9 Å². The number of rotatable bonds is 7. The molecule has 0 aliphatic rings. The van der Waals surface area contributed by atoms with Crippen LogP contribution in [0.5, 0.6) is 5.75 Å². The van der Waals surface area contributed by atoms with Crippen molar-refractivity contribution in [3.63, 3.8) is 0 Å². The van der Waals surface area contributed by atoms with Gasteiger partial charge in [-0.2, -0.15) is 0 Å². The van der Waals surface area contributed by atoms with Crippen molar-refractivity contribution in [3.05, 3.63) is 74.3 Å². The van der Waals surface area contributed by atoms with Gasteiger partial charge in [-0.25, -0.2) is 0 Å². The second-order valence-electron chi connectivity index (χ2n) is 6.82. The normalized spacial score (nSPS) is 11.8. The number of pyridine rings is 1. The van der Waals surface area contributed by atoms with Crippen molar-refractivity contribution < 1.29 is 9.90 Å². The maximum absolute atomic E-state index is 12.2. The molecule has 1 atom stereocenters. The highest BCUT2D eigenvalue weighted by atomic mass is 16.3. The average molecular weight is 394 g/mol. The molecule has 29 heavy (non-hydrogen) atoms. The fraction of sp³-hybridized carbons (Fsp3) is 0.238. The predicted molar refractivity (Wildman–Crippen MR) is 112 cm³/mol. The van der Waals surface area contributed by atoms with E-state index in [9.17, 15) is 19.5 Å². The van der Waals surface area contributed by atoms with Crippen LogP contribution in [-0.2, 0) is 0 Å². The van der Waals surface area contributed by atoms with Crippen LogP contribution in [0.1, 0.15) is 35.3 Å². The van der Waals surface area contributed by atoms with Gasteiger partial charge in [0.2, 0.25) is 0 Å². The van der Waals surface area contributed by atoms with Crippen LogP contribution in [0.25, 0.3) is 0 Å². The van der Waals surface area contributed by atoms with Gasteiger partial charge in [-0.05, 0) is 36.2 Å². The standard InChI is InChI=1S/C21H22N4O4/c1-4-14(12-8-10-22-11-9-12)23-16-17(20(28)19(16)27)24-15-7-5-6-13(18(15)26)21(29)25(2)3/h5-11,14,23-24,26H,4H2,1-3H3. The van der Waals surface area contributed by atoms with Crippen LogP contribution in [0.3, 0.4) is 0 Å². The number of benzene rings is 1. The third-order valence-corrected chi connectivity index (χ3v) is 4.68. The average Bonchev–Trinajstić information content (AvgIpc) is 2.74. The minimum atomic E-state index is -0.680. The van der Waals surface area contributed by atoms with Gasteiger partial charge in [-0.15, -0.1) is 0 Å². The van der Waals surface area contributed by atoms with Gasteiger partial charge < -0.3 is 20.6 Å². The minimum absolute atomic E-state index is 0.0623. The van der Waals surface area contributed by atoms with Crippen LogP contribution in [0, 0.1) is 0 Å². The van der Waals surface area contributed by atoms with Crippen molar-refractivity contribution in [2.45, 2.75) is 19.4 Å². The number of para-hydroxylation sites is 1. The van der Waals surface area contributed by atoms with Gasteiger partial charge in [0.15, 0.2) is 5.75 Å². The van der Waals surface area contributed by atoms with E-state index >= 15 is 0 Å². The molecule has 3 N–H and O–H groups in total. The Kier molecular flexibility index (Phi) is 5.63. The summed E-state index contributed by atoms with van der Waals surface area (Å²) >= 11 is 0. The quantitative estimate of drug-likeness (QED) is 0.417. The Balaban J connectivity index is 1.90. The summed E-state index contributed by atoms with van der Waals surface area (Å²) in [4.78, 5) is 41.8. The number of nitrogens with one attached hydrogen (secondary N) is 2. The summed E-state index contributed by atoms with van der Waals surface area (Å²) in [6.45, 7) is 1.96. The summed E-state index contributed by atoms with van der Waals surface area (Å²) in [6.07, 6.45) is 4.00. The summed E-state index contributed by atoms with van der Waals surface area (Å²) in [7, 11) is 3.15. The number of carbonyl (C=O) groups excluding carboxylic acids is 1. The largest absolute Gasteiger partial charge is 0.505 e. The van der Waals surface area contributed by atoms with Crippen LogP contribution in [-0.4, -0.2) is 35.0 Å². The first-order chi connectivity index (χ1) is 13.8. The molecule has 2 aromatic carbocycles. The number of phenols is 1. The molecule has 1 heterocycles. The van der Waals surface area contributed by atoms with E-state index in [1.807, 2.05) is 19.1 Å². The van der Waals surface area contributed by atoms with Gasteiger partial charge in [0.25, 0.3) is 16.8 Å². The molecule has 0 saturated heterocycles. The molecule has 0 radical (unpaired) electrons. The lowest BCUT2D eigenvalue weighted by Gasteiger charge is -2.22. The molecular formula is C21H22N4O4. The second-order valence-corrected chi connectivity index (χ2v) is 6.82. The molecule has 3 rings (SSSR count). The molecule has 1 aromatic heterocycles. The molecule has 8 nitrogen and oxygen atoms in total. The molecule has 8 heteroatoms. The van der Waals surface area contributed by atoms with E-state index in [1.165, 1.54) is 17.0 Å². The van der Waals surface area contributed by atoms with Gasteiger partial charge in [-0.1, -0.05) is 13.0 Å². The lowest BCUT2D eigenvalue weighted by molar-refractivity contribution is 0.0824. The molecule has 0 bridgehead atoms. The number of carbonyl (C=O) groups is 1. The highest BCUT2D eigenvalue weighted by Crippen LogP contribution is 2.33. The molecule has 3 aromatic rings. The third-order valence-electron chi connectivity index (χ3n) is 4.68. The van der Waals surface area contributed by atoms with Gasteiger partial charge in [0, 0.05) is 26.5 Å². The monoisotopic (exact) mass is 394 g/mol. The van der Waals surface area contributed by atoms with Gasteiger partial charge in [0.05, 0.1) is 17.3 Å². The first-order valence-electron chi connectivity index (χ1n) is 9.15. The first-order valence-corrected chi connectivity index (χ1v) is 9.15. The predicted octanol–water partition coefficient (Wildman–Crippen LogP) is 2.39. The highest BCUT2D eigenvalue weighted by molar-refractivity contribution is 5.99. The molecule has 1 amide bonds. The number of hydrogen-bond donors (Lipinski definition) is 3. The second kappa shape index (κ2) is 8.14. The molecule has 0 aliphatic heterocycles. The number of phenolic OH excluding ortho intramolecular Hbond substituents is 1. The maximum atomic E-state index is 12.2. The van der Waals surface area contributed by atoms with E-state index in [-0.39, 0.29) is 40.3 Å². The number of anilines is 3. The van der Waals surface area contributed by atoms with E-state index in [0.717, 1.165) is 5.56 Å². The van der Waals surface area contributed by atoms with Crippen molar-refractivity contribution in [2.24, 2.45) is 0 Å². The Labute approximate surface area is 167 Å². The van der Waals surface area contributed by atoms with Crippen LogP contribution >= 0.6 is 0 Å². The Hall–Kier alpha value is -3.68. The summed E-state index contributed by atoms with van der Waals surface area (Å²) < 4.78 is 0. The first kappa shape index (κ1) is 20.1. The Bertz CT molecular complexity index is 1100. The molecule has 0 spiro atoms. The van der Waals surface area contributed by atoms with Gasteiger partial charge in [0.1, 0.15) is 11.4 Å². The topological polar surface area (TPSA) is 112 Å². The van der Waals surface area contributed by atoms with E-state index in [4.69, 9.17) is 0 Å². The Morgan fingerprint density at radius 3 is 2.38 bits per heavy atom. The Morgan fingerprint density at radius 2 is 1.76 bits per heavy atom. The zero-order valence-corrected chi connectivity index (χ0v) is 16.4. The molecule has 0 saturated carbocycles. The highest BCUT2D eigenvalue weighted by Gasteiger charge is 2.25. The number of aromatic hydroxyl groups is 1. The lowest BCUT2D eigenvalue weighted by atomic mass is 10.0. The molecule has 150 valence electrons. The minimum Gasteiger partial charge on any atom is -0.505 e. The molecule has 1 unspecified atom stereocenters. The maximum Gasteiger partial charge on any atom is 0.257 e. The van der Waals surface area contributed by atoms with Gasteiger partial charge >= 0.3 is 0 Å². The molecule has 0 fully saturated rings.